The number of nitrogens with two attached hydrogens (primary N) is 1. The van der Waals surface area contributed by atoms with Crippen LogP contribution >= 0.6 is 11.3 Å². The number of piperidine rings is 1. The van der Waals surface area contributed by atoms with Gasteiger partial charge < -0.3 is 10.6 Å². The summed E-state index contributed by atoms with van der Waals surface area (Å²) in [5, 5.41) is 1.94. The topological polar surface area (TPSA) is 72.1 Å². The van der Waals surface area contributed by atoms with E-state index in [2.05, 4.69) is 14.9 Å². The average Bonchev–Trinajstić information content (AvgIpc) is 3.01. The SMILES string of the molecule is Nc1cncc(N2CCCC(C(=O)c3cccs3)C2)n1. The van der Waals surface area contributed by atoms with E-state index in [0.717, 1.165) is 30.1 Å². The Morgan fingerprint density at radius 2 is 2.35 bits per heavy atom. The molecule has 0 saturated carbocycles. The van der Waals surface area contributed by atoms with E-state index in [4.69, 9.17) is 5.73 Å². The molecular formula is C14H16N4OS. The van der Waals surface area contributed by atoms with Gasteiger partial charge in [0.15, 0.2) is 5.78 Å². The van der Waals surface area contributed by atoms with Crippen LogP contribution in [0.5, 0.6) is 0 Å². The molecule has 0 radical (unpaired) electrons. The van der Waals surface area contributed by atoms with Crippen molar-refractivity contribution in [3.8, 4) is 0 Å². The molecule has 0 aromatic carbocycles. The molecule has 5 nitrogen and oxygen atoms in total. The third kappa shape index (κ3) is 2.65. The van der Waals surface area contributed by atoms with Gasteiger partial charge in [-0.15, -0.1) is 11.3 Å². The van der Waals surface area contributed by atoms with E-state index in [9.17, 15) is 4.79 Å². The van der Waals surface area contributed by atoms with E-state index >= 15 is 0 Å². The van der Waals surface area contributed by atoms with Crippen molar-refractivity contribution < 1.29 is 4.79 Å². The Morgan fingerprint density at radius 3 is 3.10 bits per heavy atom. The lowest BCUT2D eigenvalue weighted by atomic mass is 9.93. The molecule has 2 aromatic rings. The van der Waals surface area contributed by atoms with Crippen molar-refractivity contribution in [1.82, 2.24) is 9.97 Å². The summed E-state index contributed by atoms with van der Waals surface area (Å²) in [5.41, 5.74) is 5.67. The molecule has 20 heavy (non-hydrogen) atoms. The first-order chi connectivity index (χ1) is 9.74. The Balaban J connectivity index is 1.75. The Hall–Kier alpha value is -1.95. The van der Waals surface area contributed by atoms with E-state index in [1.807, 2.05) is 17.5 Å². The van der Waals surface area contributed by atoms with Crippen LogP contribution in [0, 0.1) is 5.92 Å². The van der Waals surface area contributed by atoms with E-state index < -0.39 is 0 Å². The first-order valence-corrected chi connectivity index (χ1v) is 7.52. The first-order valence-electron chi connectivity index (χ1n) is 6.64. The van der Waals surface area contributed by atoms with Crippen molar-refractivity contribution >= 4 is 28.8 Å². The number of rotatable bonds is 3. The Bertz CT molecular complexity index is 599. The number of nitrogen functional groups attached to an aromatic ring is 1. The maximum absolute atomic E-state index is 12.4. The standard InChI is InChI=1S/C14H16N4OS/c15-12-7-16-8-13(17-12)18-5-1-3-10(9-18)14(19)11-4-2-6-20-11/h2,4,6-8,10H,1,3,5,9H2,(H2,15,17). The van der Waals surface area contributed by atoms with Gasteiger partial charge in [0.05, 0.1) is 17.3 Å². The molecule has 1 saturated heterocycles. The van der Waals surface area contributed by atoms with Gasteiger partial charge in [0.25, 0.3) is 0 Å². The minimum atomic E-state index is 0.0330. The Kier molecular flexibility index (Phi) is 3.64. The molecule has 2 N–H and O–H groups in total. The lowest BCUT2D eigenvalue weighted by Gasteiger charge is -2.32. The average molecular weight is 288 g/mol. The summed E-state index contributed by atoms with van der Waals surface area (Å²) in [4.78, 5) is 23.7. The van der Waals surface area contributed by atoms with E-state index in [1.54, 1.807) is 6.20 Å². The molecule has 0 amide bonds. The van der Waals surface area contributed by atoms with Crippen molar-refractivity contribution in [2.24, 2.45) is 5.92 Å². The number of ketones is 1. The predicted molar refractivity (Wildman–Crippen MR) is 80.0 cm³/mol. The molecule has 0 aliphatic carbocycles. The summed E-state index contributed by atoms with van der Waals surface area (Å²) in [7, 11) is 0. The highest BCUT2D eigenvalue weighted by Crippen LogP contribution is 2.25. The third-order valence-electron chi connectivity index (χ3n) is 3.52. The lowest BCUT2D eigenvalue weighted by molar-refractivity contribution is 0.0911. The van der Waals surface area contributed by atoms with Crippen LogP contribution in [0.1, 0.15) is 22.5 Å². The van der Waals surface area contributed by atoms with Crippen LogP contribution in [0.25, 0.3) is 0 Å². The van der Waals surface area contributed by atoms with Crippen LogP contribution in [0.2, 0.25) is 0 Å². The molecule has 1 unspecified atom stereocenters. The molecule has 1 aliphatic heterocycles. The molecule has 1 aliphatic rings. The monoisotopic (exact) mass is 288 g/mol. The summed E-state index contributed by atoms with van der Waals surface area (Å²) >= 11 is 1.51. The number of anilines is 2. The van der Waals surface area contributed by atoms with Crippen molar-refractivity contribution in [3.63, 3.8) is 0 Å². The molecule has 1 fully saturated rings. The van der Waals surface area contributed by atoms with Crippen LogP contribution in [0.15, 0.2) is 29.9 Å². The smallest absolute Gasteiger partial charge is 0.177 e. The number of aromatic nitrogens is 2. The second kappa shape index (κ2) is 5.58. The second-order valence-electron chi connectivity index (χ2n) is 4.93. The van der Waals surface area contributed by atoms with Gasteiger partial charge in [0.2, 0.25) is 0 Å². The van der Waals surface area contributed by atoms with Gasteiger partial charge in [-0.3, -0.25) is 9.78 Å². The van der Waals surface area contributed by atoms with Crippen molar-refractivity contribution in [2.75, 3.05) is 23.7 Å². The number of carbonyl (C=O) groups is 1. The second-order valence-corrected chi connectivity index (χ2v) is 5.88. The molecule has 1 atom stereocenters. The van der Waals surface area contributed by atoms with E-state index in [0.29, 0.717) is 12.4 Å². The Morgan fingerprint density at radius 1 is 1.45 bits per heavy atom. The first kappa shape index (κ1) is 13.1. The highest BCUT2D eigenvalue weighted by atomic mass is 32.1. The fourth-order valence-corrected chi connectivity index (χ4v) is 3.29. The summed E-state index contributed by atoms with van der Waals surface area (Å²) in [5.74, 6) is 1.44. The number of carbonyl (C=O) groups excluding carboxylic acids is 1. The fraction of sp³-hybridized carbons (Fsp3) is 0.357. The molecule has 3 heterocycles. The zero-order chi connectivity index (χ0) is 13.9. The maximum atomic E-state index is 12.4. The molecule has 0 spiro atoms. The summed E-state index contributed by atoms with van der Waals surface area (Å²) < 4.78 is 0. The zero-order valence-electron chi connectivity index (χ0n) is 11.0. The minimum absolute atomic E-state index is 0.0330. The van der Waals surface area contributed by atoms with Gasteiger partial charge in [-0.1, -0.05) is 6.07 Å². The number of Topliss-reactive ketones (excluding diaryl/α,β-unsaturated/α-hetero) is 1. The van der Waals surface area contributed by atoms with Gasteiger partial charge in [-0.05, 0) is 24.3 Å². The molecular weight excluding hydrogens is 272 g/mol. The largest absolute Gasteiger partial charge is 0.382 e. The van der Waals surface area contributed by atoms with Crippen LogP contribution in [-0.2, 0) is 0 Å². The molecule has 6 heteroatoms. The normalized spacial score (nSPS) is 19.0. The Labute approximate surface area is 121 Å². The molecule has 2 aromatic heterocycles. The number of thiophene rings is 1. The van der Waals surface area contributed by atoms with Crippen molar-refractivity contribution in [3.05, 3.63) is 34.8 Å². The van der Waals surface area contributed by atoms with Crippen molar-refractivity contribution in [2.45, 2.75) is 12.8 Å². The number of nitrogens with zero attached hydrogens (tertiary/aromatic N) is 3. The highest BCUT2D eigenvalue weighted by Gasteiger charge is 2.27. The van der Waals surface area contributed by atoms with Crippen LogP contribution in [-0.4, -0.2) is 28.8 Å². The molecule has 3 rings (SSSR count). The van der Waals surface area contributed by atoms with Gasteiger partial charge in [0.1, 0.15) is 11.6 Å². The van der Waals surface area contributed by atoms with Crippen LogP contribution in [0.3, 0.4) is 0 Å². The van der Waals surface area contributed by atoms with Gasteiger partial charge in [0, 0.05) is 19.0 Å². The summed E-state index contributed by atoms with van der Waals surface area (Å²) in [6.45, 7) is 1.58. The number of hydrogen-bond donors (Lipinski definition) is 1. The predicted octanol–water partition coefficient (Wildman–Crippen LogP) is 2.22. The zero-order valence-corrected chi connectivity index (χ0v) is 11.8. The van der Waals surface area contributed by atoms with Crippen LogP contribution in [0.4, 0.5) is 11.6 Å². The lowest BCUT2D eigenvalue weighted by Crippen LogP contribution is -2.39. The third-order valence-corrected chi connectivity index (χ3v) is 4.41. The van der Waals surface area contributed by atoms with Gasteiger partial charge >= 0.3 is 0 Å². The van der Waals surface area contributed by atoms with E-state index in [1.165, 1.54) is 17.5 Å². The molecule has 104 valence electrons. The maximum Gasteiger partial charge on any atom is 0.177 e. The van der Waals surface area contributed by atoms with Crippen molar-refractivity contribution in [1.29, 1.82) is 0 Å². The summed E-state index contributed by atoms with van der Waals surface area (Å²) in [6.07, 6.45) is 5.15. The van der Waals surface area contributed by atoms with Gasteiger partial charge in [-0.25, -0.2) is 4.98 Å². The summed E-state index contributed by atoms with van der Waals surface area (Å²) in [6, 6.07) is 3.81. The quantitative estimate of drug-likeness (QED) is 0.877. The minimum Gasteiger partial charge on any atom is -0.382 e. The molecule has 0 bridgehead atoms. The van der Waals surface area contributed by atoms with Crippen LogP contribution < -0.4 is 10.6 Å². The number of hydrogen-bond acceptors (Lipinski definition) is 6. The van der Waals surface area contributed by atoms with Gasteiger partial charge in [-0.2, -0.15) is 0 Å². The fourth-order valence-electron chi connectivity index (χ4n) is 2.54. The highest BCUT2D eigenvalue weighted by molar-refractivity contribution is 7.12. The van der Waals surface area contributed by atoms with E-state index in [-0.39, 0.29) is 11.7 Å².